The monoisotopic (exact) mass is 506 g/mol. The van der Waals surface area contributed by atoms with Gasteiger partial charge in [-0.05, 0) is 61.4 Å². The van der Waals surface area contributed by atoms with E-state index < -0.39 is 34.8 Å². The second kappa shape index (κ2) is 9.43. The van der Waals surface area contributed by atoms with E-state index >= 15 is 0 Å². The largest absolute Gasteiger partial charge is 0.308 e. The smallest absolute Gasteiger partial charge is 0.243 e. The molecule has 172 valence electrons. The Kier molecular flexibility index (Phi) is 6.77. The standard InChI is InChI=1S/C24H21Cl2FN2O3S/c1-16-13-17-5-2-3-8-23(17)29(16)24(30)15-28(14-20-21(26)6-4-7-22(20)27)33(31,32)19-11-9-18(25)10-12-19/h2-12,16H,13-15H2,1H3/t16-/m0/s1. The third-order valence-electron chi connectivity index (χ3n) is 5.64. The van der Waals surface area contributed by atoms with Crippen LogP contribution in [0.1, 0.15) is 18.1 Å². The molecule has 1 aliphatic rings. The first-order chi connectivity index (χ1) is 15.7. The first-order valence-corrected chi connectivity index (χ1v) is 12.5. The number of hydrogen-bond donors (Lipinski definition) is 0. The highest BCUT2D eigenvalue weighted by atomic mass is 35.5. The average molecular weight is 507 g/mol. The zero-order chi connectivity index (χ0) is 23.8. The Balaban J connectivity index is 1.71. The molecule has 33 heavy (non-hydrogen) atoms. The first kappa shape index (κ1) is 23.7. The van der Waals surface area contributed by atoms with Crippen LogP contribution in [-0.2, 0) is 27.8 Å². The Labute approximate surface area is 202 Å². The van der Waals surface area contributed by atoms with Crippen molar-refractivity contribution in [3.05, 3.63) is 93.7 Å². The van der Waals surface area contributed by atoms with Crippen LogP contribution in [0.5, 0.6) is 0 Å². The fraction of sp³-hybridized carbons (Fsp3) is 0.208. The van der Waals surface area contributed by atoms with Gasteiger partial charge < -0.3 is 4.90 Å². The molecule has 1 heterocycles. The second-order valence-electron chi connectivity index (χ2n) is 7.87. The summed E-state index contributed by atoms with van der Waals surface area (Å²) >= 11 is 12.1. The van der Waals surface area contributed by atoms with Crippen LogP contribution in [0.4, 0.5) is 10.1 Å². The predicted molar refractivity (Wildman–Crippen MR) is 128 cm³/mol. The number of carbonyl (C=O) groups excluding carboxylic acids is 1. The van der Waals surface area contributed by atoms with E-state index in [1.54, 1.807) is 4.90 Å². The zero-order valence-electron chi connectivity index (χ0n) is 17.7. The van der Waals surface area contributed by atoms with Crippen LogP contribution in [0, 0.1) is 5.82 Å². The van der Waals surface area contributed by atoms with Gasteiger partial charge in [0.05, 0.1) is 11.4 Å². The van der Waals surface area contributed by atoms with Crippen molar-refractivity contribution in [1.82, 2.24) is 4.31 Å². The minimum Gasteiger partial charge on any atom is -0.308 e. The maximum atomic E-state index is 14.5. The fourth-order valence-electron chi connectivity index (χ4n) is 4.01. The highest BCUT2D eigenvalue weighted by Gasteiger charge is 2.35. The van der Waals surface area contributed by atoms with Gasteiger partial charge in [0.2, 0.25) is 15.9 Å². The summed E-state index contributed by atoms with van der Waals surface area (Å²) in [5, 5.41) is 0.454. The zero-order valence-corrected chi connectivity index (χ0v) is 20.0. The lowest BCUT2D eigenvalue weighted by Gasteiger charge is -2.28. The average Bonchev–Trinajstić information content (AvgIpc) is 3.11. The molecule has 0 bridgehead atoms. The minimum atomic E-state index is -4.17. The van der Waals surface area contributed by atoms with Gasteiger partial charge in [0, 0.05) is 33.9 Å². The number of fused-ring (bicyclic) bond motifs is 1. The summed E-state index contributed by atoms with van der Waals surface area (Å²) in [5.41, 5.74) is 1.77. The third-order valence-corrected chi connectivity index (χ3v) is 8.05. The molecule has 0 spiro atoms. The molecule has 0 aliphatic carbocycles. The molecular weight excluding hydrogens is 486 g/mol. The lowest BCUT2D eigenvalue weighted by molar-refractivity contribution is -0.119. The number of halogens is 3. The van der Waals surface area contributed by atoms with E-state index in [9.17, 15) is 17.6 Å². The maximum Gasteiger partial charge on any atom is 0.243 e. The van der Waals surface area contributed by atoms with Crippen LogP contribution < -0.4 is 4.90 Å². The van der Waals surface area contributed by atoms with E-state index in [-0.39, 0.29) is 21.5 Å². The van der Waals surface area contributed by atoms with E-state index in [4.69, 9.17) is 23.2 Å². The van der Waals surface area contributed by atoms with Gasteiger partial charge >= 0.3 is 0 Å². The molecule has 1 amide bonds. The third kappa shape index (κ3) is 4.77. The maximum absolute atomic E-state index is 14.5. The molecule has 1 aliphatic heterocycles. The summed E-state index contributed by atoms with van der Waals surface area (Å²) in [6, 6.07) is 17.1. The molecule has 0 fully saturated rings. The quantitative estimate of drug-likeness (QED) is 0.455. The molecule has 0 unspecified atom stereocenters. The number of sulfonamides is 1. The van der Waals surface area contributed by atoms with E-state index in [2.05, 4.69) is 0 Å². The van der Waals surface area contributed by atoms with Gasteiger partial charge in [-0.25, -0.2) is 12.8 Å². The van der Waals surface area contributed by atoms with Gasteiger partial charge in [-0.1, -0.05) is 47.5 Å². The second-order valence-corrected chi connectivity index (χ2v) is 10.7. The van der Waals surface area contributed by atoms with E-state index in [0.717, 1.165) is 15.6 Å². The Morgan fingerprint density at radius 3 is 2.45 bits per heavy atom. The van der Waals surface area contributed by atoms with Crippen LogP contribution in [0.25, 0.3) is 0 Å². The number of rotatable bonds is 6. The lowest BCUT2D eigenvalue weighted by Crippen LogP contribution is -2.45. The molecule has 0 N–H and O–H groups in total. The normalized spacial score (nSPS) is 15.7. The van der Waals surface area contributed by atoms with Gasteiger partial charge in [0.25, 0.3) is 0 Å². The van der Waals surface area contributed by atoms with Crippen LogP contribution in [-0.4, -0.2) is 31.2 Å². The molecule has 9 heteroatoms. The van der Waals surface area contributed by atoms with Gasteiger partial charge in [-0.3, -0.25) is 4.79 Å². The number of hydrogen-bond acceptors (Lipinski definition) is 3. The van der Waals surface area contributed by atoms with Crippen LogP contribution >= 0.6 is 23.2 Å². The molecule has 0 aromatic heterocycles. The lowest BCUT2D eigenvalue weighted by atomic mass is 10.1. The van der Waals surface area contributed by atoms with Gasteiger partial charge in [0.1, 0.15) is 5.82 Å². The molecule has 5 nitrogen and oxygen atoms in total. The van der Waals surface area contributed by atoms with Crippen molar-refractivity contribution in [3.63, 3.8) is 0 Å². The van der Waals surface area contributed by atoms with Crippen molar-refractivity contribution in [2.24, 2.45) is 0 Å². The summed E-state index contributed by atoms with van der Waals surface area (Å²) in [5.74, 6) is -1.05. The molecule has 3 aromatic rings. The van der Waals surface area contributed by atoms with Crippen molar-refractivity contribution in [1.29, 1.82) is 0 Å². The fourth-order valence-corrected chi connectivity index (χ4v) is 5.72. The van der Waals surface area contributed by atoms with Crippen LogP contribution in [0.15, 0.2) is 71.6 Å². The number of carbonyl (C=O) groups is 1. The highest BCUT2D eigenvalue weighted by molar-refractivity contribution is 7.89. The predicted octanol–water partition coefficient (Wildman–Crippen LogP) is 5.30. The summed E-state index contributed by atoms with van der Waals surface area (Å²) in [6.45, 7) is 1.03. The van der Waals surface area contributed by atoms with Gasteiger partial charge in [-0.2, -0.15) is 4.31 Å². The number of amides is 1. The van der Waals surface area contributed by atoms with E-state index in [1.165, 1.54) is 42.5 Å². The van der Waals surface area contributed by atoms with Crippen LogP contribution in [0.3, 0.4) is 0 Å². The van der Waals surface area contributed by atoms with Crippen molar-refractivity contribution in [2.45, 2.75) is 30.8 Å². The van der Waals surface area contributed by atoms with Crippen molar-refractivity contribution < 1.29 is 17.6 Å². The molecular formula is C24H21Cl2FN2O3S. The Bertz CT molecular complexity index is 1280. The highest BCUT2D eigenvalue weighted by Crippen LogP contribution is 2.33. The number of anilines is 1. The van der Waals surface area contributed by atoms with Gasteiger partial charge in [-0.15, -0.1) is 0 Å². The number of benzene rings is 3. The number of nitrogens with zero attached hydrogens (tertiary/aromatic N) is 2. The van der Waals surface area contributed by atoms with Gasteiger partial charge in [0.15, 0.2) is 0 Å². The molecule has 0 saturated heterocycles. The van der Waals surface area contributed by atoms with Crippen LogP contribution in [0.2, 0.25) is 10.0 Å². The molecule has 0 radical (unpaired) electrons. The Hall–Kier alpha value is -2.45. The van der Waals surface area contributed by atoms with Crippen molar-refractivity contribution in [3.8, 4) is 0 Å². The Morgan fingerprint density at radius 2 is 1.76 bits per heavy atom. The Morgan fingerprint density at radius 1 is 1.06 bits per heavy atom. The molecule has 4 rings (SSSR count). The summed E-state index contributed by atoms with van der Waals surface area (Å²) in [6.07, 6.45) is 0.672. The molecule has 1 atom stereocenters. The van der Waals surface area contributed by atoms with E-state index in [1.807, 2.05) is 31.2 Å². The SMILES string of the molecule is C[C@H]1Cc2ccccc2N1C(=O)CN(Cc1c(F)cccc1Cl)S(=O)(=O)c1ccc(Cl)cc1. The first-order valence-electron chi connectivity index (χ1n) is 10.3. The summed E-state index contributed by atoms with van der Waals surface area (Å²) < 4.78 is 42.5. The molecule has 0 saturated carbocycles. The van der Waals surface area contributed by atoms with E-state index in [0.29, 0.717) is 11.4 Å². The van der Waals surface area contributed by atoms with Crippen molar-refractivity contribution >= 4 is 44.8 Å². The molecule has 3 aromatic carbocycles. The summed E-state index contributed by atoms with van der Waals surface area (Å²) in [4.78, 5) is 14.9. The van der Waals surface area contributed by atoms with Crippen molar-refractivity contribution in [2.75, 3.05) is 11.4 Å². The summed E-state index contributed by atoms with van der Waals surface area (Å²) in [7, 11) is -4.17. The minimum absolute atomic E-state index is 0.000578. The topological polar surface area (TPSA) is 57.7 Å². The number of para-hydroxylation sites is 1.